The predicted molar refractivity (Wildman–Crippen MR) is 151 cm³/mol. The minimum Gasteiger partial charge on any atom is -0.406 e. The fourth-order valence-corrected chi connectivity index (χ4v) is 6.31. The van der Waals surface area contributed by atoms with Gasteiger partial charge in [-0.25, -0.2) is 4.98 Å². The summed E-state index contributed by atoms with van der Waals surface area (Å²) in [6.07, 6.45) is 1.09. The quantitative estimate of drug-likeness (QED) is 0.368. The van der Waals surface area contributed by atoms with Crippen LogP contribution in [0.2, 0.25) is 0 Å². The zero-order chi connectivity index (χ0) is 29.7. The molecule has 8 nitrogen and oxygen atoms in total. The number of methoxy groups -OCH3 is 1. The maximum atomic E-state index is 14.2. The molecule has 226 valence electrons. The number of nitrogens with zero attached hydrogens (tertiary/aromatic N) is 3. The first kappa shape index (κ1) is 30.1. The van der Waals surface area contributed by atoms with Crippen LogP contribution in [0.1, 0.15) is 54.2 Å². The second-order valence-corrected chi connectivity index (χ2v) is 11.1. The second-order valence-electron chi connectivity index (χ2n) is 11.1. The molecule has 1 aromatic heterocycles. The van der Waals surface area contributed by atoms with E-state index in [1.807, 2.05) is 39.8 Å². The van der Waals surface area contributed by atoms with E-state index in [1.165, 1.54) is 18.2 Å². The summed E-state index contributed by atoms with van der Waals surface area (Å²) in [6, 6.07) is 15.1. The summed E-state index contributed by atoms with van der Waals surface area (Å²) in [6.45, 7) is 1.83. The fourth-order valence-electron chi connectivity index (χ4n) is 6.31. The molecule has 11 heteroatoms. The van der Waals surface area contributed by atoms with E-state index in [9.17, 15) is 23.1 Å². The van der Waals surface area contributed by atoms with Gasteiger partial charge in [0.05, 0.1) is 24.7 Å². The molecule has 1 aliphatic carbocycles. The zero-order valence-electron chi connectivity index (χ0n) is 23.6. The number of nitrogens with one attached hydrogen (secondary N) is 1. The van der Waals surface area contributed by atoms with E-state index in [0.29, 0.717) is 55.8 Å². The molecule has 1 saturated carbocycles. The van der Waals surface area contributed by atoms with Crippen molar-refractivity contribution >= 4 is 5.91 Å². The summed E-state index contributed by atoms with van der Waals surface area (Å²) in [5.74, 6) is -0.469. The lowest BCUT2D eigenvalue weighted by atomic mass is 9.80. The summed E-state index contributed by atoms with van der Waals surface area (Å²) in [5, 5.41) is 14.9. The molecule has 2 aromatic carbocycles. The maximum Gasteiger partial charge on any atom is 0.573 e. The van der Waals surface area contributed by atoms with Crippen molar-refractivity contribution in [2.75, 3.05) is 33.4 Å². The molecule has 2 heterocycles. The Morgan fingerprint density at radius 2 is 1.98 bits per heavy atom. The van der Waals surface area contributed by atoms with E-state index in [4.69, 9.17) is 4.74 Å². The van der Waals surface area contributed by atoms with Gasteiger partial charge in [-0.2, -0.15) is 0 Å². The Labute approximate surface area is 243 Å². The van der Waals surface area contributed by atoms with Crippen molar-refractivity contribution in [3.8, 4) is 17.0 Å². The van der Waals surface area contributed by atoms with Gasteiger partial charge in [0.15, 0.2) is 5.69 Å². The number of aliphatic hydroxyl groups is 1. The Kier molecular flexibility index (Phi) is 9.19. The Morgan fingerprint density at radius 1 is 1.17 bits per heavy atom. The summed E-state index contributed by atoms with van der Waals surface area (Å²) < 4.78 is 49.6. The van der Waals surface area contributed by atoms with Gasteiger partial charge in [0.25, 0.3) is 5.91 Å². The molecule has 3 atom stereocenters. The van der Waals surface area contributed by atoms with Crippen molar-refractivity contribution < 1.29 is 32.5 Å². The standard InChI is InChI=1S/C31H37F3N4O4/c1-41-20-30(40)15-6-5-12-26(30)38-21-36-27(28(38)23-9-3-2-4-10-23)29(39)37-17-16-35-19-24(37)14-13-22-8-7-11-25(18-22)42-31(32,33)34/h2-4,7-11,18,21,24,26,35,40H,5-6,12-17,19-20H2,1H3/t24-,26+,30+/m0/s1. The van der Waals surface area contributed by atoms with Crippen LogP contribution in [0, 0.1) is 0 Å². The van der Waals surface area contributed by atoms with Crippen LogP contribution in [0.25, 0.3) is 11.3 Å². The highest BCUT2D eigenvalue weighted by Crippen LogP contribution is 2.41. The van der Waals surface area contributed by atoms with Crippen molar-refractivity contribution in [3.63, 3.8) is 0 Å². The first-order chi connectivity index (χ1) is 20.2. The maximum absolute atomic E-state index is 14.2. The van der Waals surface area contributed by atoms with Crippen molar-refractivity contribution in [2.45, 2.75) is 62.6 Å². The van der Waals surface area contributed by atoms with Gasteiger partial charge < -0.3 is 29.4 Å². The second kappa shape index (κ2) is 12.8. The Hall–Kier alpha value is -3.41. The van der Waals surface area contributed by atoms with Crippen LogP contribution >= 0.6 is 0 Å². The molecule has 2 fully saturated rings. The third kappa shape index (κ3) is 6.79. The van der Waals surface area contributed by atoms with Gasteiger partial charge in [0.1, 0.15) is 11.4 Å². The molecule has 5 rings (SSSR count). The number of ether oxygens (including phenoxy) is 2. The predicted octanol–water partition coefficient (Wildman–Crippen LogP) is 4.99. The van der Waals surface area contributed by atoms with Crippen LogP contribution in [-0.2, 0) is 11.2 Å². The number of alkyl halides is 3. The van der Waals surface area contributed by atoms with E-state index < -0.39 is 12.0 Å². The molecule has 2 aliphatic rings. The van der Waals surface area contributed by atoms with Gasteiger partial charge in [-0.05, 0) is 43.4 Å². The Morgan fingerprint density at radius 3 is 2.74 bits per heavy atom. The number of imidazole rings is 1. The molecule has 2 N–H and O–H groups in total. The molecule has 1 saturated heterocycles. The van der Waals surface area contributed by atoms with E-state index in [2.05, 4.69) is 15.0 Å². The fraction of sp³-hybridized carbons (Fsp3) is 0.484. The van der Waals surface area contributed by atoms with Gasteiger partial charge in [0.2, 0.25) is 0 Å². The molecule has 42 heavy (non-hydrogen) atoms. The highest BCUT2D eigenvalue weighted by atomic mass is 19.4. The number of rotatable bonds is 9. The van der Waals surface area contributed by atoms with Gasteiger partial charge in [0, 0.05) is 38.3 Å². The minimum atomic E-state index is -4.76. The van der Waals surface area contributed by atoms with E-state index in [1.54, 1.807) is 19.5 Å². The number of carbonyl (C=O) groups is 1. The van der Waals surface area contributed by atoms with Crippen LogP contribution in [0.5, 0.6) is 5.75 Å². The van der Waals surface area contributed by atoms with Crippen LogP contribution < -0.4 is 10.1 Å². The Balaban J connectivity index is 1.42. The Bertz CT molecular complexity index is 1350. The molecule has 3 aromatic rings. The van der Waals surface area contributed by atoms with Crippen LogP contribution in [0.15, 0.2) is 60.9 Å². The molecule has 0 radical (unpaired) electrons. The third-order valence-corrected chi connectivity index (χ3v) is 8.24. The van der Waals surface area contributed by atoms with E-state index in [0.717, 1.165) is 24.8 Å². The van der Waals surface area contributed by atoms with Crippen LogP contribution in [0.3, 0.4) is 0 Å². The lowest BCUT2D eigenvalue weighted by molar-refractivity contribution is -0.274. The van der Waals surface area contributed by atoms with Crippen LogP contribution in [-0.4, -0.2) is 76.8 Å². The van der Waals surface area contributed by atoms with Crippen molar-refractivity contribution in [1.29, 1.82) is 0 Å². The summed E-state index contributed by atoms with van der Waals surface area (Å²) >= 11 is 0. The molecule has 0 unspecified atom stereocenters. The summed E-state index contributed by atoms with van der Waals surface area (Å²) in [4.78, 5) is 20.7. The number of aromatic nitrogens is 2. The summed E-state index contributed by atoms with van der Waals surface area (Å²) in [7, 11) is 1.58. The SMILES string of the molecule is COC[C@]1(O)CCCC[C@H]1n1cnc(C(=O)N2CCNC[C@@H]2CCc2cccc(OC(F)(F)F)c2)c1-c1ccccc1. The van der Waals surface area contributed by atoms with Gasteiger partial charge in [-0.1, -0.05) is 55.3 Å². The van der Waals surface area contributed by atoms with E-state index in [-0.39, 0.29) is 30.3 Å². The number of amides is 1. The number of carbonyl (C=O) groups excluding carboxylic acids is 1. The normalized spacial score (nSPS) is 23.1. The molecule has 0 spiro atoms. The first-order valence-corrected chi connectivity index (χ1v) is 14.4. The smallest absolute Gasteiger partial charge is 0.406 e. The number of benzene rings is 2. The van der Waals surface area contributed by atoms with Gasteiger partial charge >= 0.3 is 6.36 Å². The lowest BCUT2D eigenvalue weighted by Crippen LogP contribution is -2.54. The van der Waals surface area contributed by atoms with Crippen LogP contribution in [0.4, 0.5) is 13.2 Å². The molecular formula is C31H37F3N4O4. The first-order valence-electron chi connectivity index (χ1n) is 14.4. The van der Waals surface area contributed by atoms with Crippen molar-refractivity contribution in [2.24, 2.45) is 0 Å². The average Bonchev–Trinajstić information content (AvgIpc) is 3.41. The number of hydrogen-bond acceptors (Lipinski definition) is 6. The number of aryl methyl sites for hydroxylation is 1. The number of hydrogen-bond donors (Lipinski definition) is 2. The number of halogens is 3. The van der Waals surface area contributed by atoms with E-state index >= 15 is 0 Å². The minimum absolute atomic E-state index is 0.183. The highest BCUT2D eigenvalue weighted by molar-refractivity contribution is 5.98. The topological polar surface area (TPSA) is 88.8 Å². The number of piperazine rings is 1. The molecule has 1 aliphatic heterocycles. The van der Waals surface area contributed by atoms with Gasteiger partial charge in [-0.15, -0.1) is 13.2 Å². The molecule has 0 bridgehead atoms. The average molecular weight is 587 g/mol. The molecular weight excluding hydrogens is 549 g/mol. The van der Waals surface area contributed by atoms with Crippen molar-refractivity contribution in [3.05, 3.63) is 72.2 Å². The third-order valence-electron chi connectivity index (χ3n) is 8.24. The van der Waals surface area contributed by atoms with Crippen molar-refractivity contribution in [1.82, 2.24) is 19.8 Å². The van der Waals surface area contributed by atoms with Gasteiger partial charge in [-0.3, -0.25) is 4.79 Å². The highest BCUT2D eigenvalue weighted by Gasteiger charge is 2.42. The lowest BCUT2D eigenvalue weighted by Gasteiger charge is -2.41. The molecule has 1 amide bonds. The largest absolute Gasteiger partial charge is 0.573 e. The zero-order valence-corrected chi connectivity index (χ0v) is 23.6. The monoisotopic (exact) mass is 586 g/mol. The summed E-state index contributed by atoms with van der Waals surface area (Å²) in [5.41, 5.74) is 1.42.